The second-order valence-electron chi connectivity index (χ2n) is 2.51. The zero-order valence-corrected chi connectivity index (χ0v) is 7.97. The summed E-state index contributed by atoms with van der Waals surface area (Å²) in [5.74, 6) is -4.22. The minimum atomic E-state index is -2.50. The van der Waals surface area contributed by atoms with Gasteiger partial charge in [-0.3, -0.25) is 0 Å². The molecule has 1 radical (unpaired) electrons. The van der Waals surface area contributed by atoms with E-state index in [2.05, 4.69) is 0 Å². The molecule has 0 aliphatic rings. The maximum atomic E-state index is 9.96. The van der Waals surface area contributed by atoms with E-state index >= 15 is 0 Å². The van der Waals surface area contributed by atoms with Gasteiger partial charge in [0.2, 0.25) is 0 Å². The quantitative estimate of drug-likeness (QED) is 0.359. The van der Waals surface area contributed by atoms with Gasteiger partial charge in [-0.05, 0) is 0 Å². The summed E-state index contributed by atoms with van der Waals surface area (Å²) in [5, 5.41) is 54.7. The summed E-state index contributed by atoms with van der Waals surface area (Å²) in [6.45, 7) is 0. The molecule has 4 atom stereocenters. The molecule has 0 saturated heterocycles. The zero-order valence-electron chi connectivity index (χ0n) is 7.03. The number of carbonyl (C=O) groups is 2. The summed E-state index contributed by atoms with van der Waals surface area (Å²) in [5.41, 5.74) is 0. The van der Waals surface area contributed by atoms with E-state index in [1.54, 1.807) is 0 Å². The first-order valence-corrected chi connectivity index (χ1v) is 3.43. The van der Waals surface area contributed by atoms with Gasteiger partial charge in [0.1, 0.15) is 24.4 Å². The average molecular weight is 272 g/mol. The first-order chi connectivity index (χ1) is 6.29. The Bertz CT molecular complexity index is 207. The molecule has 15 heavy (non-hydrogen) atoms. The Morgan fingerprint density at radius 1 is 0.800 bits per heavy atom. The van der Waals surface area contributed by atoms with Crippen molar-refractivity contribution in [3.8, 4) is 0 Å². The second kappa shape index (κ2) is 6.72. The van der Waals surface area contributed by atoms with Gasteiger partial charge in [-0.25, -0.2) is 0 Å². The van der Waals surface area contributed by atoms with Crippen LogP contribution in [0, 0.1) is 0 Å². The molecule has 0 unspecified atom stereocenters. The number of aliphatic hydroxyl groups excluding tert-OH is 4. The predicted octanol–water partition coefficient (Wildman–Crippen LogP) is -6.07. The van der Waals surface area contributed by atoms with E-state index in [-0.39, 0.29) is 17.1 Å². The van der Waals surface area contributed by atoms with Crippen molar-refractivity contribution in [2.45, 2.75) is 24.4 Å². The summed E-state index contributed by atoms with van der Waals surface area (Å²) in [4.78, 5) is 19.9. The number of carboxylic acids is 2. The molecule has 0 aromatic rings. The monoisotopic (exact) mass is 271 g/mol. The van der Waals surface area contributed by atoms with Crippen LogP contribution in [0.25, 0.3) is 0 Å². The number of hydrogen-bond donors (Lipinski definition) is 4. The third-order valence-corrected chi connectivity index (χ3v) is 1.48. The van der Waals surface area contributed by atoms with E-state index in [0.29, 0.717) is 0 Å². The van der Waals surface area contributed by atoms with Crippen LogP contribution in [-0.4, -0.2) is 56.8 Å². The van der Waals surface area contributed by atoms with Gasteiger partial charge in [0, 0.05) is 0 Å². The molecule has 0 amide bonds. The molecule has 9 heteroatoms. The van der Waals surface area contributed by atoms with E-state index in [9.17, 15) is 19.8 Å². The van der Waals surface area contributed by atoms with Crippen LogP contribution in [0.5, 0.6) is 0 Å². The smallest absolute Gasteiger partial charge is 0.547 e. The van der Waals surface area contributed by atoms with Gasteiger partial charge in [-0.1, -0.05) is 0 Å². The Morgan fingerprint density at radius 3 is 1.13 bits per heavy atom. The first kappa shape index (κ1) is 16.7. The van der Waals surface area contributed by atoms with Gasteiger partial charge in [0.15, 0.2) is 0 Å². The molecule has 0 saturated carbocycles. The van der Waals surface area contributed by atoms with Crippen molar-refractivity contribution in [3.05, 3.63) is 0 Å². The largest absolute Gasteiger partial charge is 2.00 e. The maximum absolute atomic E-state index is 9.96. The van der Waals surface area contributed by atoms with Crippen molar-refractivity contribution in [2.75, 3.05) is 0 Å². The Balaban J connectivity index is 0. The third-order valence-electron chi connectivity index (χ3n) is 1.48. The van der Waals surface area contributed by atoms with Crippen LogP contribution in [0.15, 0.2) is 0 Å². The van der Waals surface area contributed by atoms with E-state index < -0.39 is 36.4 Å². The van der Waals surface area contributed by atoms with Crippen LogP contribution >= 0.6 is 0 Å². The number of carboxylic acid groups (broad SMARTS) is 2. The summed E-state index contributed by atoms with van der Waals surface area (Å²) in [7, 11) is 0. The topological polar surface area (TPSA) is 161 Å². The Hall–Kier alpha value is -0.701. The van der Waals surface area contributed by atoms with Crippen LogP contribution in [0.1, 0.15) is 0 Å². The number of hydrogen-bond acceptors (Lipinski definition) is 8. The van der Waals surface area contributed by atoms with Gasteiger partial charge < -0.3 is 40.2 Å². The molecule has 0 bridgehead atoms. The van der Waals surface area contributed by atoms with E-state index in [1.165, 1.54) is 0 Å². The van der Waals surface area contributed by atoms with Gasteiger partial charge in [-0.2, -0.15) is 0 Å². The standard InChI is InChI=1S/C6H10O8.Cu/c7-1(3(9)5(11)12)2(8)4(10)6(13)14;/h1-4,7-10H,(H,11,12)(H,13,14);/q;+2/p-2/t1-,2+,3+,4-;. The van der Waals surface area contributed by atoms with Gasteiger partial charge in [0.05, 0.1) is 11.9 Å². The van der Waals surface area contributed by atoms with Gasteiger partial charge in [0.25, 0.3) is 0 Å². The summed E-state index contributed by atoms with van der Waals surface area (Å²) in [6, 6.07) is 0. The number of aliphatic carboxylic acids is 2. The third kappa shape index (κ3) is 4.56. The SMILES string of the molecule is O=C([O-])[C@@H](O)[C@H](O)[C@H](O)[C@@H](O)C(=O)[O-].[Cu+2]. The molecule has 0 aliphatic carbocycles. The van der Waals surface area contributed by atoms with Crippen molar-refractivity contribution < 1.29 is 57.3 Å². The molecule has 0 spiro atoms. The molecule has 0 fully saturated rings. The maximum Gasteiger partial charge on any atom is 2.00 e. The molecular formula is C6H8CuO8. The molecule has 0 aromatic heterocycles. The van der Waals surface area contributed by atoms with Crippen LogP contribution in [0.4, 0.5) is 0 Å². The van der Waals surface area contributed by atoms with Crippen LogP contribution in [0.3, 0.4) is 0 Å². The second-order valence-corrected chi connectivity index (χ2v) is 2.51. The minimum absolute atomic E-state index is 0. The van der Waals surface area contributed by atoms with Crippen LogP contribution in [0.2, 0.25) is 0 Å². The van der Waals surface area contributed by atoms with Gasteiger partial charge >= 0.3 is 17.1 Å². The Kier molecular flexibility index (Phi) is 7.49. The van der Waals surface area contributed by atoms with Crippen molar-refractivity contribution in [1.82, 2.24) is 0 Å². The fourth-order valence-electron chi connectivity index (χ4n) is 0.652. The van der Waals surface area contributed by atoms with Crippen LogP contribution in [-0.2, 0) is 26.7 Å². The number of carbonyl (C=O) groups excluding carboxylic acids is 2. The fraction of sp³-hybridized carbons (Fsp3) is 0.667. The normalized spacial score (nSPS) is 18.1. The van der Waals surface area contributed by atoms with Crippen LogP contribution < -0.4 is 10.2 Å². The average Bonchev–Trinajstić information content (AvgIpc) is 2.12. The van der Waals surface area contributed by atoms with E-state index in [0.717, 1.165) is 0 Å². The van der Waals surface area contributed by atoms with Crippen molar-refractivity contribution in [1.29, 1.82) is 0 Å². The summed E-state index contributed by atoms with van der Waals surface area (Å²) >= 11 is 0. The van der Waals surface area contributed by atoms with Crippen molar-refractivity contribution >= 4 is 11.9 Å². The summed E-state index contributed by atoms with van der Waals surface area (Å²) in [6.07, 6.45) is -9.76. The zero-order chi connectivity index (χ0) is 11.5. The fourth-order valence-corrected chi connectivity index (χ4v) is 0.652. The predicted molar refractivity (Wildman–Crippen MR) is 34.0 cm³/mol. The molecule has 0 rings (SSSR count). The molecular weight excluding hydrogens is 264 g/mol. The molecule has 8 nitrogen and oxygen atoms in total. The molecule has 0 aromatic carbocycles. The molecule has 0 heterocycles. The Labute approximate surface area is 94.2 Å². The van der Waals surface area contributed by atoms with Crippen molar-refractivity contribution in [2.24, 2.45) is 0 Å². The Morgan fingerprint density at radius 2 is 1.00 bits per heavy atom. The minimum Gasteiger partial charge on any atom is -0.547 e. The first-order valence-electron chi connectivity index (χ1n) is 3.43. The number of rotatable bonds is 5. The van der Waals surface area contributed by atoms with Crippen molar-refractivity contribution in [3.63, 3.8) is 0 Å². The molecule has 4 N–H and O–H groups in total. The molecule has 91 valence electrons. The van der Waals surface area contributed by atoms with E-state index in [4.69, 9.17) is 20.4 Å². The number of aliphatic hydroxyl groups is 4. The molecule has 0 aliphatic heterocycles. The summed E-state index contributed by atoms with van der Waals surface area (Å²) < 4.78 is 0. The van der Waals surface area contributed by atoms with E-state index in [1.807, 2.05) is 0 Å². The van der Waals surface area contributed by atoms with Gasteiger partial charge in [-0.15, -0.1) is 0 Å².